The quantitative estimate of drug-likeness (QED) is 0.865. The number of hydrogen-bond acceptors (Lipinski definition) is 3. The molecule has 0 spiro atoms. The van der Waals surface area contributed by atoms with Crippen LogP contribution in [-0.4, -0.2) is 28.3 Å². The molecule has 0 amide bonds. The van der Waals surface area contributed by atoms with Gasteiger partial charge in [0.2, 0.25) is 0 Å². The van der Waals surface area contributed by atoms with Gasteiger partial charge in [-0.2, -0.15) is 0 Å². The minimum Gasteiger partial charge on any atom is -0.379 e. The van der Waals surface area contributed by atoms with Gasteiger partial charge in [-0.25, -0.2) is 4.98 Å². The first kappa shape index (κ1) is 10.5. The first-order valence-corrected chi connectivity index (χ1v) is 6.43. The zero-order valence-corrected chi connectivity index (χ0v) is 10.5. The van der Waals surface area contributed by atoms with Gasteiger partial charge in [-0.3, -0.25) is 0 Å². The van der Waals surface area contributed by atoms with Gasteiger partial charge in [0.1, 0.15) is 0 Å². The lowest BCUT2D eigenvalue weighted by molar-refractivity contribution is -0.0785. The molecular weight excluding hydrogens is 226 g/mol. The normalized spacial score (nSPS) is 23.9. The fourth-order valence-electron chi connectivity index (χ4n) is 3.09. The molecule has 2 aromatic rings. The molecule has 4 rings (SSSR count). The molecule has 94 valence electrons. The Labute approximate surface area is 106 Å². The highest BCUT2D eigenvalue weighted by molar-refractivity contribution is 5.76. The SMILES string of the molecule is Cn1cnc2cc(C3(C4(N)CC4)COC3)ccc21. The van der Waals surface area contributed by atoms with Crippen LogP contribution >= 0.6 is 0 Å². The average molecular weight is 243 g/mol. The molecule has 0 atom stereocenters. The number of nitrogens with two attached hydrogens (primary N) is 1. The lowest BCUT2D eigenvalue weighted by Crippen LogP contribution is -2.60. The van der Waals surface area contributed by atoms with Crippen molar-refractivity contribution in [3.05, 3.63) is 30.1 Å². The summed E-state index contributed by atoms with van der Waals surface area (Å²) in [6, 6.07) is 6.52. The number of imidazole rings is 1. The molecule has 1 aliphatic carbocycles. The van der Waals surface area contributed by atoms with E-state index < -0.39 is 0 Å². The van der Waals surface area contributed by atoms with Crippen LogP contribution in [0.15, 0.2) is 24.5 Å². The molecule has 1 saturated heterocycles. The third-order valence-corrected chi connectivity index (χ3v) is 4.72. The summed E-state index contributed by atoms with van der Waals surface area (Å²) in [7, 11) is 2.02. The van der Waals surface area contributed by atoms with Crippen LogP contribution in [0.1, 0.15) is 18.4 Å². The van der Waals surface area contributed by atoms with Crippen LogP contribution in [0.5, 0.6) is 0 Å². The van der Waals surface area contributed by atoms with E-state index in [0.717, 1.165) is 37.1 Å². The summed E-state index contributed by atoms with van der Waals surface area (Å²) in [5, 5.41) is 0. The van der Waals surface area contributed by atoms with E-state index in [2.05, 4.69) is 23.2 Å². The Morgan fingerprint density at radius 3 is 2.72 bits per heavy atom. The van der Waals surface area contributed by atoms with Gasteiger partial charge >= 0.3 is 0 Å². The Morgan fingerprint density at radius 2 is 2.11 bits per heavy atom. The molecule has 0 unspecified atom stereocenters. The predicted molar refractivity (Wildman–Crippen MR) is 69.4 cm³/mol. The van der Waals surface area contributed by atoms with Gasteiger partial charge < -0.3 is 15.0 Å². The molecule has 2 fully saturated rings. The van der Waals surface area contributed by atoms with E-state index >= 15 is 0 Å². The van der Waals surface area contributed by atoms with Crippen LogP contribution in [0.4, 0.5) is 0 Å². The minimum atomic E-state index is -0.0479. The second kappa shape index (κ2) is 3.13. The lowest BCUT2D eigenvalue weighted by atomic mass is 9.70. The van der Waals surface area contributed by atoms with Gasteiger partial charge in [0.25, 0.3) is 0 Å². The molecule has 2 heterocycles. The third-order valence-electron chi connectivity index (χ3n) is 4.72. The molecule has 4 nitrogen and oxygen atoms in total. The van der Waals surface area contributed by atoms with E-state index in [1.165, 1.54) is 5.56 Å². The van der Waals surface area contributed by atoms with Crippen molar-refractivity contribution in [3.63, 3.8) is 0 Å². The molecule has 2 N–H and O–H groups in total. The van der Waals surface area contributed by atoms with Crippen LogP contribution in [-0.2, 0) is 17.2 Å². The van der Waals surface area contributed by atoms with E-state index in [0.29, 0.717) is 0 Å². The molecular formula is C14H17N3O. The van der Waals surface area contributed by atoms with Crippen molar-refractivity contribution in [2.24, 2.45) is 12.8 Å². The summed E-state index contributed by atoms with van der Waals surface area (Å²) in [6.45, 7) is 1.50. The second-order valence-corrected chi connectivity index (χ2v) is 5.79. The number of hydrogen-bond donors (Lipinski definition) is 1. The van der Waals surface area contributed by atoms with E-state index in [-0.39, 0.29) is 11.0 Å². The second-order valence-electron chi connectivity index (χ2n) is 5.79. The molecule has 1 aromatic heterocycles. The molecule has 1 aliphatic heterocycles. The number of fused-ring (bicyclic) bond motifs is 1. The summed E-state index contributed by atoms with van der Waals surface area (Å²) in [5.74, 6) is 0. The Bertz CT molecular complexity index is 623. The van der Waals surface area contributed by atoms with E-state index in [1.807, 2.05) is 17.9 Å². The van der Waals surface area contributed by atoms with Crippen molar-refractivity contribution in [2.75, 3.05) is 13.2 Å². The number of nitrogens with zero attached hydrogens (tertiary/aromatic N) is 2. The summed E-state index contributed by atoms with van der Waals surface area (Å²) in [5.41, 5.74) is 9.94. The van der Waals surface area contributed by atoms with Crippen LogP contribution in [0.25, 0.3) is 11.0 Å². The molecule has 18 heavy (non-hydrogen) atoms. The molecule has 1 saturated carbocycles. The Kier molecular flexibility index (Phi) is 1.83. The van der Waals surface area contributed by atoms with Crippen LogP contribution in [0.3, 0.4) is 0 Å². The first-order chi connectivity index (χ1) is 8.65. The predicted octanol–water partition coefficient (Wildman–Crippen LogP) is 1.33. The molecule has 1 aromatic carbocycles. The fraction of sp³-hybridized carbons (Fsp3) is 0.500. The Morgan fingerprint density at radius 1 is 1.33 bits per heavy atom. The van der Waals surface area contributed by atoms with Crippen molar-refractivity contribution >= 4 is 11.0 Å². The zero-order chi connectivity index (χ0) is 12.4. The molecule has 2 aliphatic rings. The van der Waals surface area contributed by atoms with Gasteiger partial charge in [0.05, 0.1) is 36.0 Å². The topological polar surface area (TPSA) is 53.1 Å². The lowest BCUT2D eigenvalue weighted by Gasteiger charge is -2.47. The highest BCUT2D eigenvalue weighted by Crippen LogP contribution is 2.53. The molecule has 0 bridgehead atoms. The summed E-state index contributed by atoms with van der Waals surface area (Å²) in [6.07, 6.45) is 4.07. The van der Waals surface area contributed by atoms with Gasteiger partial charge in [-0.05, 0) is 30.5 Å². The highest BCUT2D eigenvalue weighted by Gasteiger charge is 2.61. The van der Waals surface area contributed by atoms with Gasteiger partial charge in [-0.1, -0.05) is 6.07 Å². The van der Waals surface area contributed by atoms with Crippen molar-refractivity contribution in [3.8, 4) is 0 Å². The number of aryl methyl sites for hydroxylation is 1. The van der Waals surface area contributed by atoms with Gasteiger partial charge in [-0.15, -0.1) is 0 Å². The Hall–Kier alpha value is -1.39. The van der Waals surface area contributed by atoms with E-state index in [4.69, 9.17) is 10.5 Å². The molecule has 0 radical (unpaired) electrons. The van der Waals surface area contributed by atoms with Crippen LogP contribution in [0, 0.1) is 0 Å². The van der Waals surface area contributed by atoms with E-state index in [9.17, 15) is 0 Å². The Balaban J connectivity index is 1.86. The minimum absolute atomic E-state index is 0.0265. The summed E-state index contributed by atoms with van der Waals surface area (Å²) >= 11 is 0. The highest BCUT2D eigenvalue weighted by atomic mass is 16.5. The van der Waals surface area contributed by atoms with Crippen molar-refractivity contribution in [1.82, 2.24) is 9.55 Å². The zero-order valence-electron chi connectivity index (χ0n) is 10.5. The van der Waals surface area contributed by atoms with Crippen LogP contribution < -0.4 is 5.73 Å². The number of ether oxygens (including phenoxy) is 1. The van der Waals surface area contributed by atoms with Crippen molar-refractivity contribution in [1.29, 1.82) is 0 Å². The van der Waals surface area contributed by atoms with Gasteiger partial charge in [0, 0.05) is 12.6 Å². The average Bonchev–Trinajstić information content (AvgIpc) is 2.93. The third kappa shape index (κ3) is 1.15. The maximum atomic E-state index is 6.46. The monoisotopic (exact) mass is 243 g/mol. The number of aromatic nitrogens is 2. The van der Waals surface area contributed by atoms with Crippen molar-refractivity contribution < 1.29 is 4.74 Å². The summed E-state index contributed by atoms with van der Waals surface area (Å²) in [4.78, 5) is 4.43. The van der Waals surface area contributed by atoms with Crippen LogP contribution in [0.2, 0.25) is 0 Å². The van der Waals surface area contributed by atoms with Crippen molar-refractivity contribution in [2.45, 2.75) is 23.8 Å². The fourth-order valence-corrected chi connectivity index (χ4v) is 3.09. The standard InChI is InChI=1S/C14H17N3O/c1-17-9-16-11-6-10(2-3-12(11)17)13(7-18-8-13)14(15)4-5-14/h2-3,6,9H,4-5,7-8,15H2,1H3. The first-order valence-electron chi connectivity index (χ1n) is 6.43. The smallest absolute Gasteiger partial charge is 0.0955 e. The van der Waals surface area contributed by atoms with E-state index in [1.54, 1.807) is 0 Å². The number of benzene rings is 1. The maximum Gasteiger partial charge on any atom is 0.0955 e. The molecule has 4 heteroatoms. The largest absolute Gasteiger partial charge is 0.379 e. The maximum absolute atomic E-state index is 6.46. The summed E-state index contributed by atoms with van der Waals surface area (Å²) < 4.78 is 7.51. The van der Waals surface area contributed by atoms with Gasteiger partial charge in [0.15, 0.2) is 0 Å². The number of rotatable bonds is 2.